The maximum atomic E-state index is 11.3. The van der Waals surface area contributed by atoms with Crippen LogP contribution in [0, 0.1) is 22.0 Å². The summed E-state index contributed by atoms with van der Waals surface area (Å²) in [5.41, 5.74) is -0.112. The SMILES string of the molecule is CC(=O)c1cc([N+](=O)[O-])c(OCC2CC=CCC2C)s1. The van der Waals surface area contributed by atoms with Gasteiger partial charge in [-0.25, -0.2) is 0 Å². The summed E-state index contributed by atoms with van der Waals surface area (Å²) in [6.45, 7) is 4.00. The Morgan fingerprint density at radius 3 is 2.80 bits per heavy atom. The van der Waals surface area contributed by atoms with E-state index < -0.39 is 4.92 Å². The van der Waals surface area contributed by atoms with Gasteiger partial charge in [0.2, 0.25) is 0 Å². The Balaban J connectivity index is 2.10. The number of carbonyl (C=O) groups is 1. The number of ether oxygens (including phenoxy) is 1. The molecule has 0 N–H and O–H groups in total. The molecule has 1 aliphatic carbocycles. The Bertz CT molecular complexity index is 549. The van der Waals surface area contributed by atoms with Crippen molar-refractivity contribution in [3.05, 3.63) is 33.2 Å². The molecular weight excluding hydrogens is 278 g/mol. The van der Waals surface area contributed by atoms with Gasteiger partial charge >= 0.3 is 5.69 Å². The molecule has 1 aromatic heterocycles. The van der Waals surface area contributed by atoms with Gasteiger partial charge in [0.25, 0.3) is 5.06 Å². The molecule has 0 amide bonds. The van der Waals surface area contributed by atoms with E-state index in [9.17, 15) is 14.9 Å². The number of Topliss-reactive ketones (excluding diaryl/α,β-unsaturated/α-hetero) is 1. The van der Waals surface area contributed by atoms with Crippen LogP contribution >= 0.6 is 11.3 Å². The number of ketones is 1. The highest BCUT2D eigenvalue weighted by Crippen LogP contribution is 2.38. The fraction of sp³-hybridized carbons (Fsp3) is 0.500. The molecule has 2 atom stereocenters. The second-order valence-electron chi connectivity index (χ2n) is 5.09. The van der Waals surface area contributed by atoms with Crippen LogP contribution in [0.3, 0.4) is 0 Å². The predicted octanol–water partition coefficient (Wildman–Crippen LogP) is 3.84. The highest BCUT2D eigenvalue weighted by molar-refractivity contribution is 7.16. The molecule has 0 saturated carbocycles. The summed E-state index contributed by atoms with van der Waals surface area (Å²) in [4.78, 5) is 22.2. The van der Waals surface area contributed by atoms with Crippen LogP contribution in [0.15, 0.2) is 18.2 Å². The standard InChI is InChI=1S/C14H17NO4S/c1-9-5-3-4-6-11(9)8-19-14-12(15(17)18)7-13(20-14)10(2)16/h3-4,7,9,11H,5-6,8H2,1-2H3. The van der Waals surface area contributed by atoms with Crippen LogP contribution in [0.5, 0.6) is 5.06 Å². The first kappa shape index (κ1) is 14.7. The van der Waals surface area contributed by atoms with Gasteiger partial charge in [-0.05, 0) is 31.6 Å². The lowest BCUT2D eigenvalue weighted by molar-refractivity contribution is -0.385. The first-order valence-corrected chi connectivity index (χ1v) is 7.37. The lowest BCUT2D eigenvalue weighted by atomic mass is 9.85. The monoisotopic (exact) mass is 295 g/mol. The summed E-state index contributed by atoms with van der Waals surface area (Å²) in [7, 11) is 0. The van der Waals surface area contributed by atoms with E-state index in [-0.39, 0.29) is 16.5 Å². The molecule has 6 heteroatoms. The van der Waals surface area contributed by atoms with E-state index in [2.05, 4.69) is 19.1 Å². The molecule has 1 aromatic rings. The smallest absolute Gasteiger partial charge is 0.323 e. The second kappa shape index (κ2) is 6.17. The number of hydrogen-bond acceptors (Lipinski definition) is 5. The molecule has 2 rings (SSSR count). The van der Waals surface area contributed by atoms with Crippen LogP contribution in [-0.4, -0.2) is 17.3 Å². The zero-order chi connectivity index (χ0) is 14.7. The normalized spacial score (nSPS) is 21.7. The van der Waals surface area contributed by atoms with Crippen LogP contribution in [-0.2, 0) is 0 Å². The molecule has 0 spiro atoms. The Morgan fingerprint density at radius 2 is 2.20 bits per heavy atom. The largest absolute Gasteiger partial charge is 0.479 e. The number of thiophene rings is 1. The molecule has 0 saturated heterocycles. The van der Waals surface area contributed by atoms with E-state index in [0.717, 1.165) is 24.2 Å². The van der Waals surface area contributed by atoms with Crippen LogP contribution in [0.2, 0.25) is 0 Å². The van der Waals surface area contributed by atoms with E-state index in [0.29, 0.717) is 23.3 Å². The van der Waals surface area contributed by atoms with Crippen LogP contribution in [0.1, 0.15) is 36.4 Å². The van der Waals surface area contributed by atoms with Crippen molar-refractivity contribution in [3.63, 3.8) is 0 Å². The molecule has 0 radical (unpaired) electrons. The Labute approximate surface area is 121 Å². The Kier molecular flexibility index (Phi) is 4.54. The van der Waals surface area contributed by atoms with Gasteiger partial charge < -0.3 is 4.74 Å². The number of hydrogen-bond donors (Lipinski definition) is 0. The third-order valence-corrected chi connectivity index (χ3v) is 4.71. The van der Waals surface area contributed by atoms with Crippen molar-refractivity contribution in [3.8, 4) is 5.06 Å². The van der Waals surface area contributed by atoms with E-state index in [1.54, 1.807) is 0 Å². The summed E-state index contributed by atoms with van der Waals surface area (Å²) >= 11 is 1.05. The summed E-state index contributed by atoms with van der Waals surface area (Å²) in [5.74, 6) is 0.690. The molecule has 1 aliphatic rings. The lowest BCUT2D eigenvalue weighted by Gasteiger charge is -2.24. The van der Waals surface area contributed by atoms with Crippen molar-refractivity contribution in [2.75, 3.05) is 6.61 Å². The average Bonchev–Trinajstić information content (AvgIpc) is 2.82. The summed E-state index contributed by atoms with van der Waals surface area (Å²) in [6, 6.07) is 1.30. The van der Waals surface area contributed by atoms with E-state index >= 15 is 0 Å². The Hall–Kier alpha value is -1.69. The van der Waals surface area contributed by atoms with Crippen molar-refractivity contribution in [1.29, 1.82) is 0 Å². The fourth-order valence-electron chi connectivity index (χ4n) is 2.19. The number of nitrogens with zero attached hydrogens (tertiary/aromatic N) is 1. The number of allylic oxidation sites excluding steroid dienone is 2. The maximum absolute atomic E-state index is 11.3. The van der Waals surface area contributed by atoms with Crippen molar-refractivity contribution >= 4 is 22.8 Å². The lowest BCUT2D eigenvalue weighted by Crippen LogP contribution is -2.21. The highest BCUT2D eigenvalue weighted by Gasteiger charge is 2.25. The molecule has 0 bridgehead atoms. The first-order chi connectivity index (χ1) is 9.49. The minimum absolute atomic E-state index is 0.112. The van der Waals surface area contributed by atoms with Gasteiger partial charge in [0.05, 0.1) is 16.4 Å². The van der Waals surface area contributed by atoms with Crippen LogP contribution in [0.25, 0.3) is 0 Å². The third kappa shape index (κ3) is 3.25. The maximum Gasteiger partial charge on any atom is 0.323 e. The quantitative estimate of drug-likeness (QED) is 0.358. The second-order valence-corrected chi connectivity index (χ2v) is 6.10. The molecule has 2 unspecified atom stereocenters. The molecule has 108 valence electrons. The highest BCUT2D eigenvalue weighted by atomic mass is 32.1. The fourth-order valence-corrected chi connectivity index (χ4v) is 3.07. The summed E-state index contributed by atoms with van der Waals surface area (Å²) < 4.78 is 5.63. The van der Waals surface area contributed by atoms with Crippen molar-refractivity contribution < 1.29 is 14.5 Å². The number of carbonyl (C=O) groups excluding carboxylic acids is 1. The third-order valence-electron chi connectivity index (χ3n) is 3.57. The average molecular weight is 295 g/mol. The van der Waals surface area contributed by atoms with Gasteiger partial charge in [0, 0.05) is 6.07 Å². The number of rotatable bonds is 5. The zero-order valence-electron chi connectivity index (χ0n) is 11.5. The van der Waals surface area contributed by atoms with E-state index in [1.807, 2.05) is 0 Å². The molecule has 0 aliphatic heterocycles. The molecule has 5 nitrogen and oxygen atoms in total. The summed E-state index contributed by atoms with van der Waals surface area (Å²) in [5, 5.41) is 11.2. The van der Waals surface area contributed by atoms with Gasteiger partial charge in [-0.15, -0.1) is 0 Å². The van der Waals surface area contributed by atoms with Crippen LogP contribution in [0.4, 0.5) is 5.69 Å². The minimum atomic E-state index is -0.498. The van der Waals surface area contributed by atoms with Gasteiger partial charge in [-0.3, -0.25) is 14.9 Å². The van der Waals surface area contributed by atoms with Crippen molar-refractivity contribution in [1.82, 2.24) is 0 Å². The molecule has 0 aromatic carbocycles. The van der Waals surface area contributed by atoms with E-state index in [1.165, 1.54) is 13.0 Å². The van der Waals surface area contributed by atoms with Gasteiger partial charge in [0.1, 0.15) is 0 Å². The molecule has 1 heterocycles. The molecule has 0 fully saturated rings. The van der Waals surface area contributed by atoms with E-state index in [4.69, 9.17) is 4.74 Å². The van der Waals surface area contributed by atoms with Gasteiger partial charge in [-0.1, -0.05) is 30.4 Å². The topological polar surface area (TPSA) is 69.4 Å². The van der Waals surface area contributed by atoms with Crippen molar-refractivity contribution in [2.45, 2.75) is 26.7 Å². The van der Waals surface area contributed by atoms with Gasteiger partial charge in [-0.2, -0.15) is 0 Å². The summed E-state index contributed by atoms with van der Waals surface area (Å²) in [6.07, 6.45) is 6.22. The van der Waals surface area contributed by atoms with Crippen molar-refractivity contribution in [2.24, 2.45) is 11.8 Å². The number of nitro groups is 1. The van der Waals surface area contributed by atoms with Crippen LogP contribution < -0.4 is 4.74 Å². The molecule has 20 heavy (non-hydrogen) atoms. The van der Waals surface area contributed by atoms with Gasteiger partial charge in [0.15, 0.2) is 5.78 Å². The zero-order valence-corrected chi connectivity index (χ0v) is 12.3. The molecular formula is C14H17NO4S. The minimum Gasteiger partial charge on any atom is -0.479 e. The predicted molar refractivity (Wildman–Crippen MR) is 77.5 cm³/mol. The first-order valence-electron chi connectivity index (χ1n) is 6.56. The Morgan fingerprint density at radius 1 is 1.50 bits per heavy atom.